The number of aliphatic carboxylic acids is 1. The molecule has 1 aliphatic carbocycles. The maximum Gasteiger partial charge on any atom is 0.407 e. The van der Waals surface area contributed by atoms with Gasteiger partial charge in [-0.3, -0.25) is 14.9 Å². The smallest absolute Gasteiger partial charge is 0.407 e. The molecular formula is C44H37N3O7. The molecule has 0 saturated carbocycles. The Morgan fingerprint density at radius 1 is 0.722 bits per heavy atom. The van der Waals surface area contributed by atoms with E-state index in [9.17, 15) is 29.6 Å². The number of hydrogen-bond acceptors (Lipinski definition) is 6. The number of nitrogens with one attached hydrogen (secondary N) is 1. The number of nitro groups is 1. The molecule has 270 valence electrons. The molecule has 2 atom stereocenters. The van der Waals surface area contributed by atoms with E-state index < -0.39 is 35.0 Å². The summed E-state index contributed by atoms with van der Waals surface area (Å²) < 4.78 is 5.89. The summed E-state index contributed by atoms with van der Waals surface area (Å²) in [6.45, 7) is -0.0930. The number of nitrogens with zero attached hydrogens (tertiary/aromatic N) is 2. The van der Waals surface area contributed by atoms with E-state index in [1.807, 2.05) is 97.1 Å². The Kier molecular flexibility index (Phi) is 10.4. The Bertz CT molecular complexity index is 2280. The number of hydrogen-bond donors (Lipinski definition) is 2. The number of carboxylic acid groups (broad SMARTS) is 1. The van der Waals surface area contributed by atoms with Gasteiger partial charge in [0.15, 0.2) is 0 Å². The second kappa shape index (κ2) is 15.8. The standard InChI is InChI=1S/C44H37N3O7/c48-42(33-21-20-31-12-4-5-13-32(31)26-33)46(41(43(49)50)25-30-18-22-35(23-19-30)47(52)53)27-34(24-29-10-2-1-3-11-29)45-44(51)54-28-40-38-16-8-6-14-36(38)37-15-7-9-17-39(37)40/h1-23,26,34,40-41H,24-25,27-28H2,(H,45,51)(H,49,50)/t34?,41-/m0/s1. The van der Waals surface area contributed by atoms with Crippen molar-refractivity contribution in [2.24, 2.45) is 0 Å². The van der Waals surface area contributed by atoms with Crippen LogP contribution < -0.4 is 5.32 Å². The monoisotopic (exact) mass is 719 g/mol. The SMILES string of the molecule is O=C(NC(Cc1ccccc1)CN(C(=O)c1ccc2ccccc2c1)[C@@H](Cc1ccc([N+](=O)[O-])cc1)C(=O)O)OCC1c2ccccc2-c2ccccc21. The van der Waals surface area contributed by atoms with Gasteiger partial charge in [0.25, 0.3) is 11.6 Å². The van der Waals surface area contributed by atoms with Crippen LogP contribution in [0.4, 0.5) is 10.5 Å². The Morgan fingerprint density at radius 2 is 1.31 bits per heavy atom. The first-order chi connectivity index (χ1) is 26.2. The number of carboxylic acids is 1. The first-order valence-electron chi connectivity index (χ1n) is 17.7. The van der Waals surface area contributed by atoms with Crippen molar-refractivity contribution in [1.82, 2.24) is 10.2 Å². The lowest BCUT2D eigenvalue weighted by atomic mass is 9.98. The third-order valence-corrected chi connectivity index (χ3v) is 9.90. The molecule has 0 saturated heterocycles. The maximum absolute atomic E-state index is 14.5. The molecule has 0 spiro atoms. The molecule has 7 rings (SSSR count). The summed E-state index contributed by atoms with van der Waals surface area (Å²) in [7, 11) is 0. The van der Waals surface area contributed by atoms with Crippen LogP contribution in [0, 0.1) is 10.1 Å². The highest BCUT2D eigenvalue weighted by molar-refractivity contribution is 6.00. The van der Waals surface area contributed by atoms with Crippen LogP contribution in [0.2, 0.25) is 0 Å². The van der Waals surface area contributed by atoms with Crippen LogP contribution in [0.15, 0.2) is 146 Å². The second-order valence-corrected chi connectivity index (χ2v) is 13.4. The molecule has 54 heavy (non-hydrogen) atoms. The highest BCUT2D eigenvalue weighted by atomic mass is 16.6. The summed E-state index contributed by atoms with van der Waals surface area (Å²) in [5, 5.41) is 26.6. The summed E-state index contributed by atoms with van der Waals surface area (Å²) in [6.07, 6.45) is -0.551. The third kappa shape index (κ3) is 7.83. The van der Waals surface area contributed by atoms with E-state index >= 15 is 0 Å². The van der Waals surface area contributed by atoms with Gasteiger partial charge in [-0.2, -0.15) is 0 Å². The van der Waals surface area contributed by atoms with Gasteiger partial charge in [0.05, 0.1) is 11.0 Å². The fourth-order valence-electron chi connectivity index (χ4n) is 7.25. The number of nitro benzene ring substituents is 1. The third-order valence-electron chi connectivity index (χ3n) is 9.90. The second-order valence-electron chi connectivity index (χ2n) is 13.4. The van der Waals surface area contributed by atoms with Crippen molar-refractivity contribution >= 4 is 34.4 Å². The molecule has 1 aliphatic rings. The van der Waals surface area contributed by atoms with Crippen LogP contribution in [0.1, 0.15) is 38.5 Å². The molecule has 0 fully saturated rings. The van der Waals surface area contributed by atoms with E-state index in [2.05, 4.69) is 17.4 Å². The average Bonchev–Trinajstić information content (AvgIpc) is 3.51. The summed E-state index contributed by atoms with van der Waals surface area (Å²) in [6, 6.07) is 41.7. The molecule has 0 radical (unpaired) electrons. The number of amides is 2. The number of rotatable bonds is 13. The number of non-ortho nitro benzene ring substituents is 1. The predicted molar refractivity (Wildman–Crippen MR) is 205 cm³/mol. The largest absolute Gasteiger partial charge is 0.480 e. The first kappa shape index (κ1) is 35.6. The summed E-state index contributed by atoms with van der Waals surface area (Å²) in [5.41, 5.74) is 5.83. The molecule has 0 heterocycles. The molecule has 6 aromatic rings. The van der Waals surface area contributed by atoms with Crippen LogP contribution >= 0.6 is 0 Å². The lowest BCUT2D eigenvalue weighted by Crippen LogP contribution is -2.53. The van der Waals surface area contributed by atoms with Gasteiger partial charge in [-0.1, -0.05) is 121 Å². The van der Waals surface area contributed by atoms with Crippen LogP contribution in [0.3, 0.4) is 0 Å². The van der Waals surface area contributed by atoms with Crippen molar-refractivity contribution in [3.63, 3.8) is 0 Å². The van der Waals surface area contributed by atoms with E-state index in [-0.39, 0.29) is 43.2 Å². The maximum atomic E-state index is 14.5. The van der Waals surface area contributed by atoms with E-state index in [1.54, 1.807) is 12.1 Å². The fourth-order valence-corrected chi connectivity index (χ4v) is 7.25. The zero-order chi connectivity index (χ0) is 37.6. The number of fused-ring (bicyclic) bond motifs is 4. The van der Waals surface area contributed by atoms with Gasteiger partial charge in [0, 0.05) is 36.6 Å². The number of carbonyl (C=O) groups excluding carboxylic acids is 2. The minimum Gasteiger partial charge on any atom is -0.480 e. The Morgan fingerprint density at radius 3 is 1.96 bits per heavy atom. The molecule has 0 bridgehead atoms. The number of alkyl carbamates (subject to hydrolysis) is 1. The van der Waals surface area contributed by atoms with Crippen molar-refractivity contribution in [1.29, 1.82) is 0 Å². The highest BCUT2D eigenvalue weighted by Crippen LogP contribution is 2.44. The number of ether oxygens (including phenoxy) is 1. The summed E-state index contributed by atoms with van der Waals surface area (Å²) in [5.74, 6) is -1.97. The van der Waals surface area contributed by atoms with Gasteiger partial charge in [-0.25, -0.2) is 9.59 Å². The van der Waals surface area contributed by atoms with Gasteiger partial charge in [0.1, 0.15) is 12.6 Å². The highest BCUT2D eigenvalue weighted by Gasteiger charge is 2.34. The quantitative estimate of drug-likeness (QED) is 0.0910. The molecule has 0 aliphatic heterocycles. The Hall–Kier alpha value is -6.81. The van der Waals surface area contributed by atoms with E-state index in [0.717, 1.165) is 38.6 Å². The fraction of sp³-hybridized carbons (Fsp3) is 0.159. The van der Waals surface area contributed by atoms with E-state index in [1.165, 1.54) is 29.2 Å². The molecule has 6 aromatic carbocycles. The Balaban J connectivity index is 1.18. The first-order valence-corrected chi connectivity index (χ1v) is 17.7. The lowest BCUT2D eigenvalue weighted by Gasteiger charge is -2.33. The number of benzene rings is 6. The van der Waals surface area contributed by atoms with Crippen LogP contribution in [-0.2, 0) is 22.4 Å². The summed E-state index contributed by atoms with van der Waals surface area (Å²) >= 11 is 0. The minimum atomic E-state index is -1.38. The van der Waals surface area contributed by atoms with Crippen LogP contribution in [-0.4, -0.2) is 58.1 Å². The van der Waals surface area contributed by atoms with Crippen LogP contribution in [0.5, 0.6) is 0 Å². The molecule has 2 amide bonds. The van der Waals surface area contributed by atoms with E-state index in [0.29, 0.717) is 5.56 Å². The van der Waals surface area contributed by atoms with Gasteiger partial charge >= 0.3 is 12.1 Å². The normalized spacial score (nSPS) is 13.0. The molecule has 10 heteroatoms. The summed E-state index contributed by atoms with van der Waals surface area (Å²) in [4.78, 5) is 53.3. The molecular weight excluding hydrogens is 682 g/mol. The number of carbonyl (C=O) groups is 3. The topological polar surface area (TPSA) is 139 Å². The minimum absolute atomic E-state index is 0.0789. The zero-order valence-corrected chi connectivity index (χ0v) is 29.2. The Labute approximate surface area is 311 Å². The van der Waals surface area contributed by atoms with Gasteiger partial charge in [-0.15, -0.1) is 0 Å². The average molecular weight is 720 g/mol. The molecule has 10 nitrogen and oxygen atoms in total. The van der Waals surface area contributed by atoms with Crippen molar-refractivity contribution in [3.8, 4) is 11.1 Å². The van der Waals surface area contributed by atoms with E-state index in [4.69, 9.17) is 4.74 Å². The lowest BCUT2D eigenvalue weighted by molar-refractivity contribution is -0.384. The van der Waals surface area contributed by atoms with Gasteiger partial charge in [0.2, 0.25) is 0 Å². The molecule has 0 aromatic heterocycles. The van der Waals surface area contributed by atoms with Crippen molar-refractivity contribution < 1.29 is 29.2 Å². The molecule has 2 N–H and O–H groups in total. The molecule has 1 unspecified atom stereocenters. The van der Waals surface area contributed by atoms with Gasteiger partial charge < -0.3 is 20.1 Å². The zero-order valence-electron chi connectivity index (χ0n) is 29.2. The van der Waals surface area contributed by atoms with Crippen LogP contribution in [0.25, 0.3) is 21.9 Å². The van der Waals surface area contributed by atoms with Crippen molar-refractivity contribution in [2.45, 2.75) is 30.8 Å². The van der Waals surface area contributed by atoms with Gasteiger partial charge in [-0.05, 0) is 62.7 Å². The van der Waals surface area contributed by atoms with Crippen molar-refractivity contribution in [3.05, 3.63) is 184 Å². The van der Waals surface area contributed by atoms with Crippen molar-refractivity contribution in [2.75, 3.05) is 13.2 Å². The predicted octanol–water partition coefficient (Wildman–Crippen LogP) is 8.04.